The Labute approximate surface area is 123 Å². The van der Waals surface area contributed by atoms with Crippen molar-refractivity contribution in [3.05, 3.63) is 41.7 Å². The lowest BCUT2D eigenvalue weighted by Crippen LogP contribution is -2.20. The number of benzene rings is 2. The largest absolute Gasteiger partial charge is 0.353 e. The molecule has 22 heavy (non-hydrogen) atoms. The first-order valence-electron chi connectivity index (χ1n) is 6.90. The van der Waals surface area contributed by atoms with Gasteiger partial charge in [-0.05, 0) is 6.07 Å². The summed E-state index contributed by atoms with van der Waals surface area (Å²) in [5.41, 5.74) is 3.94. The van der Waals surface area contributed by atoms with Crippen LogP contribution in [0, 0.1) is 0 Å². The second-order valence-electron chi connectivity index (χ2n) is 5.51. The van der Waals surface area contributed by atoms with Gasteiger partial charge in [-0.1, -0.05) is 18.2 Å². The quantitative estimate of drug-likeness (QED) is 0.487. The highest BCUT2D eigenvalue weighted by molar-refractivity contribution is 6.35. The van der Waals surface area contributed by atoms with Crippen molar-refractivity contribution in [3.63, 3.8) is 0 Å². The first-order chi connectivity index (χ1) is 10.7. The van der Waals surface area contributed by atoms with E-state index in [1.807, 2.05) is 35.9 Å². The van der Waals surface area contributed by atoms with E-state index < -0.39 is 0 Å². The number of amides is 2. The van der Waals surface area contributed by atoms with Crippen LogP contribution in [0.5, 0.6) is 0 Å². The van der Waals surface area contributed by atoms with Crippen molar-refractivity contribution in [3.8, 4) is 0 Å². The van der Waals surface area contributed by atoms with Crippen molar-refractivity contribution in [1.82, 2.24) is 19.9 Å². The van der Waals surface area contributed by atoms with E-state index in [9.17, 15) is 9.59 Å². The summed E-state index contributed by atoms with van der Waals surface area (Å²) < 4.78 is 1.86. The highest BCUT2D eigenvalue weighted by Gasteiger charge is 2.34. The predicted molar refractivity (Wildman–Crippen MR) is 81.9 cm³/mol. The van der Waals surface area contributed by atoms with Crippen LogP contribution in [0.25, 0.3) is 32.8 Å². The molecule has 2 N–H and O–H groups in total. The summed E-state index contributed by atoms with van der Waals surface area (Å²) in [6.45, 7) is 0. The fourth-order valence-electron chi connectivity index (χ4n) is 3.41. The smallest absolute Gasteiger partial charge is 0.261 e. The molecule has 5 rings (SSSR count). The SMILES string of the molecule is Cn1cnc2c3c(c4c5ccccc5[nH]c4c21)C(=O)NC3=O. The lowest BCUT2D eigenvalue weighted by molar-refractivity contribution is 0.0880. The lowest BCUT2D eigenvalue weighted by atomic mass is 10.0. The molecule has 0 spiro atoms. The Morgan fingerprint density at radius 3 is 2.73 bits per heavy atom. The molecule has 6 nitrogen and oxygen atoms in total. The van der Waals surface area contributed by atoms with Crippen LogP contribution < -0.4 is 5.32 Å². The minimum Gasteiger partial charge on any atom is -0.353 e. The number of carbonyl (C=O) groups is 2. The Balaban J connectivity index is 2.21. The average molecular weight is 290 g/mol. The molecule has 6 heteroatoms. The van der Waals surface area contributed by atoms with Crippen molar-refractivity contribution >= 4 is 44.7 Å². The van der Waals surface area contributed by atoms with Crippen LogP contribution in [0.4, 0.5) is 0 Å². The molecule has 0 aliphatic carbocycles. The van der Waals surface area contributed by atoms with E-state index >= 15 is 0 Å². The zero-order valence-electron chi connectivity index (χ0n) is 11.6. The van der Waals surface area contributed by atoms with Crippen LogP contribution in [0.1, 0.15) is 20.7 Å². The number of H-pyrrole nitrogens is 1. The molecule has 0 atom stereocenters. The highest BCUT2D eigenvalue weighted by atomic mass is 16.2. The fraction of sp³-hybridized carbons (Fsp3) is 0.0625. The van der Waals surface area contributed by atoms with E-state index in [2.05, 4.69) is 15.3 Å². The number of rotatable bonds is 0. The van der Waals surface area contributed by atoms with Crippen LogP contribution in [-0.2, 0) is 7.05 Å². The third kappa shape index (κ3) is 1.14. The van der Waals surface area contributed by atoms with Gasteiger partial charge in [0.15, 0.2) is 0 Å². The average Bonchev–Trinajstić information content (AvgIpc) is 3.13. The summed E-state index contributed by atoms with van der Waals surface area (Å²) in [5.74, 6) is -0.738. The zero-order chi connectivity index (χ0) is 15.0. The number of hydrogen-bond acceptors (Lipinski definition) is 3. The van der Waals surface area contributed by atoms with Crippen LogP contribution >= 0.6 is 0 Å². The van der Waals surface area contributed by atoms with Gasteiger partial charge in [0.05, 0.1) is 28.5 Å². The zero-order valence-corrected chi connectivity index (χ0v) is 11.6. The number of carbonyl (C=O) groups excluding carboxylic acids is 2. The Morgan fingerprint density at radius 1 is 1.09 bits per heavy atom. The second-order valence-corrected chi connectivity index (χ2v) is 5.51. The van der Waals surface area contributed by atoms with Gasteiger partial charge in [0.2, 0.25) is 0 Å². The van der Waals surface area contributed by atoms with Crippen LogP contribution in [-0.4, -0.2) is 26.3 Å². The van der Waals surface area contributed by atoms with Crippen molar-refractivity contribution < 1.29 is 9.59 Å². The van der Waals surface area contributed by atoms with Gasteiger partial charge in [-0.2, -0.15) is 0 Å². The first-order valence-corrected chi connectivity index (χ1v) is 6.90. The van der Waals surface area contributed by atoms with Crippen molar-refractivity contribution in [2.45, 2.75) is 0 Å². The third-order valence-electron chi connectivity index (χ3n) is 4.30. The maximum Gasteiger partial charge on any atom is 0.261 e. The Kier molecular flexibility index (Phi) is 1.85. The molecule has 0 unspecified atom stereocenters. The summed E-state index contributed by atoms with van der Waals surface area (Å²) in [6, 6.07) is 7.76. The second kappa shape index (κ2) is 3.54. The third-order valence-corrected chi connectivity index (χ3v) is 4.30. The number of imide groups is 1. The first kappa shape index (κ1) is 11.5. The summed E-state index contributed by atoms with van der Waals surface area (Å²) in [4.78, 5) is 32.2. The van der Waals surface area contributed by atoms with Gasteiger partial charge < -0.3 is 9.55 Å². The van der Waals surface area contributed by atoms with Gasteiger partial charge in [0, 0.05) is 23.3 Å². The number of para-hydroxylation sites is 1. The minimum atomic E-state index is -0.379. The van der Waals surface area contributed by atoms with Gasteiger partial charge in [-0.25, -0.2) is 4.98 Å². The molecular weight excluding hydrogens is 280 g/mol. The highest BCUT2D eigenvalue weighted by Crippen LogP contribution is 2.38. The minimum absolute atomic E-state index is 0.359. The number of nitrogens with zero attached hydrogens (tertiary/aromatic N) is 2. The molecule has 2 amide bonds. The van der Waals surface area contributed by atoms with E-state index in [4.69, 9.17) is 0 Å². The maximum absolute atomic E-state index is 12.3. The van der Waals surface area contributed by atoms with E-state index in [1.54, 1.807) is 6.33 Å². The molecule has 106 valence electrons. The molecular formula is C16H10N4O2. The molecule has 4 aromatic rings. The molecule has 0 radical (unpaired) electrons. The predicted octanol–water partition coefficient (Wildman–Crippen LogP) is 2.09. The van der Waals surface area contributed by atoms with Gasteiger partial charge >= 0.3 is 0 Å². The Morgan fingerprint density at radius 2 is 1.86 bits per heavy atom. The number of aromatic nitrogens is 3. The van der Waals surface area contributed by atoms with E-state index in [1.165, 1.54) is 0 Å². The lowest BCUT2D eigenvalue weighted by Gasteiger charge is -2.02. The molecule has 0 fully saturated rings. The monoisotopic (exact) mass is 290 g/mol. The van der Waals surface area contributed by atoms with Gasteiger partial charge in [0.1, 0.15) is 5.52 Å². The molecule has 3 heterocycles. The molecule has 0 bridgehead atoms. The van der Waals surface area contributed by atoms with Crippen molar-refractivity contribution in [2.75, 3.05) is 0 Å². The maximum atomic E-state index is 12.3. The number of aryl methyl sites for hydroxylation is 1. The summed E-state index contributed by atoms with van der Waals surface area (Å²) >= 11 is 0. The van der Waals surface area contributed by atoms with Crippen LogP contribution in [0.15, 0.2) is 30.6 Å². The topological polar surface area (TPSA) is 79.8 Å². The Hall–Kier alpha value is -3.15. The fourth-order valence-corrected chi connectivity index (χ4v) is 3.41. The summed E-state index contributed by atoms with van der Waals surface area (Å²) in [6.07, 6.45) is 1.66. The molecule has 1 aliphatic heterocycles. The van der Waals surface area contributed by atoms with Crippen molar-refractivity contribution in [1.29, 1.82) is 0 Å². The summed E-state index contributed by atoms with van der Waals surface area (Å²) in [7, 11) is 1.88. The number of nitrogens with one attached hydrogen (secondary N) is 2. The number of aromatic amines is 1. The normalized spacial score (nSPS) is 14.2. The number of imidazole rings is 1. The van der Waals surface area contributed by atoms with Crippen LogP contribution in [0.2, 0.25) is 0 Å². The number of fused-ring (bicyclic) bond motifs is 8. The van der Waals surface area contributed by atoms with Crippen molar-refractivity contribution in [2.24, 2.45) is 7.05 Å². The van der Waals surface area contributed by atoms with E-state index in [0.29, 0.717) is 16.6 Å². The van der Waals surface area contributed by atoms with E-state index in [-0.39, 0.29) is 11.8 Å². The van der Waals surface area contributed by atoms with Crippen LogP contribution in [0.3, 0.4) is 0 Å². The summed E-state index contributed by atoms with van der Waals surface area (Å²) in [5, 5.41) is 4.10. The van der Waals surface area contributed by atoms with Gasteiger partial charge in [0.25, 0.3) is 11.8 Å². The molecule has 0 saturated carbocycles. The Bertz CT molecular complexity index is 1150. The molecule has 0 saturated heterocycles. The molecule has 1 aliphatic rings. The standard InChI is InChI=1S/C16H10N4O2/c1-20-6-17-12-11-10(15(21)19-16(11)22)9-7-4-2-3-5-8(7)18-13(9)14(12)20/h2-6,18H,1H3,(H,19,21,22). The molecule has 2 aromatic carbocycles. The van der Waals surface area contributed by atoms with Gasteiger partial charge in [-0.15, -0.1) is 0 Å². The van der Waals surface area contributed by atoms with E-state index in [0.717, 1.165) is 27.3 Å². The van der Waals surface area contributed by atoms with Gasteiger partial charge in [-0.3, -0.25) is 14.9 Å². The number of hydrogen-bond donors (Lipinski definition) is 2. The molecule has 2 aromatic heterocycles.